The van der Waals surface area contributed by atoms with Gasteiger partial charge in [-0.1, -0.05) is 12.2 Å². The van der Waals surface area contributed by atoms with Gasteiger partial charge in [-0.05, 0) is 75.5 Å². The molecule has 7 atom stereocenters. The minimum atomic E-state index is -0.340. The molecule has 0 aliphatic heterocycles. The second-order valence-electron chi connectivity index (χ2n) is 8.14. The quantitative estimate of drug-likeness (QED) is 0.410. The van der Waals surface area contributed by atoms with E-state index in [1.165, 1.54) is 12.8 Å². The van der Waals surface area contributed by atoms with Crippen LogP contribution in [0.3, 0.4) is 0 Å². The van der Waals surface area contributed by atoms with E-state index >= 15 is 0 Å². The van der Waals surface area contributed by atoms with E-state index in [9.17, 15) is 4.79 Å². The minimum Gasteiger partial charge on any atom is -0.460 e. The highest BCUT2D eigenvalue weighted by Gasteiger charge is 2.62. The maximum Gasteiger partial charge on any atom is 0.309 e. The minimum absolute atomic E-state index is 0.0743. The summed E-state index contributed by atoms with van der Waals surface area (Å²) in [7, 11) is 0. The summed E-state index contributed by atoms with van der Waals surface area (Å²) in [5.74, 6) is 4.99. The second kappa shape index (κ2) is 3.65. The first kappa shape index (κ1) is 12.0. The molecule has 0 aromatic heterocycles. The van der Waals surface area contributed by atoms with Gasteiger partial charge in [0.2, 0.25) is 0 Å². The third-order valence-electron chi connectivity index (χ3n) is 5.98. The van der Waals surface area contributed by atoms with Crippen LogP contribution in [0.15, 0.2) is 12.2 Å². The molecule has 0 radical (unpaired) electrons. The maximum absolute atomic E-state index is 12.4. The van der Waals surface area contributed by atoms with Crippen molar-refractivity contribution in [2.45, 2.75) is 45.6 Å². The van der Waals surface area contributed by atoms with Crippen LogP contribution in [0.2, 0.25) is 0 Å². The summed E-state index contributed by atoms with van der Waals surface area (Å²) >= 11 is 0. The first-order valence-corrected chi connectivity index (χ1v) is 7.85. The lowest BCUT2D eigenvalue weighted by Gasteiger charge is -2.36. The van der Waals surface area contributed by atoms with Crippen molar-refractivity contribution in [1.82, 2.24) is 0 Å². The van der Waals surface area contributed by atoms with Crippen molar-refractivity contribution in [2.75, 3.05) is 0 Å². The molecule has 104 valence electrons. The number of rotatable bonds is 1. The number of hydrogen-bond donors (Lipinski definition) is 0. The Morgan fingerprint density at radius 2 is 1.74 bits per heavy atom. The second-order valence-corrected chi connectivity index (χ2v) is 8.14. The van der Waals surface area contributed by atoms with Crippen LogP contribution in [0, 0.1) is 41.4 Å². The molecule has 2 nitrogen and oxygen atoms in total. The van der Waals surface area contributed by atoms with Gasteiger partial charge < -0.3 is 4.74 Å². The summed E-state index contributed by atoms with van der Waals surface area (Å²) in [5.41, 5.74) is -0.340. The van der Waals surface area contributed by atoms with Gasteiger partial charge in [0.05, 0.1) is 5.92 Å². The molecule has 4 aliphatic rings. The van der Waals surface area contributed by atoms with Crippen LogP contribution in [-0.4, -0.2) is 11.6 Å². The van der Waals surface area contributed by atoms with Gasteiger partial charge in [-0.3, -0.25) is 4.79 Å². The van der Waals surface area contributed by atoms with E-state index in [0.717, 1.165) is 36.0 Å². The fourth-order valence-corrected chi connectivity index (χ4v) is 5.66. The van der Waals surface area contributed by atoms with E-state index in [-0.39, 0.29) is 17.5 Å². The Kier molecular flexibility index (Phi) is 2.30. The molecule has 0 saturated heterocycles. The highest BCUT2D eigenvalue weighted by Crippen LogP contribution is 2.67. The largest absolute Gasteiger partial charge is 0.460 e. The van der Waals surface area contributed by atoms with Gasteiger partial charge in [0.1, 0.15) is 5.60 Å². The average Bonchev–Trinajstić information content (AvgIpc) is 3.04. The number of esters is 1. The zero-order chi connectivity index (χ0) is 13.4. The molecular formula is C17H24O2. The first-order valence-electron chi connectivity index (χ1n) is 7.85. The van der Waals surface area contributed by atoms with E-state index < -0.39 is 0 Å². The van der Waals surface area contributed by atoms with Crippen molar-refractivity contribution in [3.05, 3.63) is 12.2 Å². The summed E-state index contributed by atoms with van der Waals surface area (Å²) in [5, 5.41) is 0. The van der Waals surface area contributed by atoms with E-state index in [1.54, 1.807) is 0 Å². The van der Waals surface area contributed by atoms with Gasteiger partial charge in [-0.2, -0.15) is 0 Å². The van der Waals surface area contributed by atoms with Gasteiger partial charge in [-0.15, -0.1) is 0 Å². The van der Waals surface area contributed by atoms with Crippen LogP contribution < -0.4 is 0 Å². The lowest BCUT2D eigenvalue weighted by Crippen LogP contribution is -2.37. The first-order chi connectivity index (χ1) is 8.94. The predicted molar refractivity (Wildman–Crippen MR) is 73.3 cm³/mol. The molecule has 2 heteroatoms. The Balaban J connectivity index is 1.54. The average molecular weight is 260 g/mol. The standard InChI is InChI=1S/C17H24O2/c1-17(2,3)19-16(18)13-8-11-7-12(13)15-10-5-4-9(6-10)14(11)15/h4-5,9-15H,6-8H2,1-3H3/t9-,10?,11-,12+,13?,14?,15?/m1/s1. The molecule has 3 saturated carbocycles. The zero-order valence-electron chi connectivity index (χ0n) is 12.1. The van der Waals surface area contributed by atoms with Crippen LogP contribution in [-0.2, 0) is 9.53 Å². The number of hydrogen-bond acceptors (Lipinski definition) is 2. The maximum atomic E-state index is 12.4. The van der Waals surface area contributed by atoms with Crippen LogP contribution >= 0.6 is 0 Å². The van der Waals surface area contributed by atoms with Gasteiger partial charge >= 0.3 is 5.97 Å². The lowest BCUT2D eigenvalue weighted by molar-refractivity contribution is -0.163. The van der Waals surface area contributed by atoms with Crippen LogP contribution in [0.1, 0.15) is 40.0 Å². The van der Waals surface area contributed by atoms with Crippen molar-refractivity contribution in [3.63, 3.8) is 0 Å². The highest BCUT2D eigenvalue weighted by molar-refractivity contribution is 5.74. The monoisotopic (exact) mass is 260 g/mol. The molecule has 4 rings (SSSR count). The Labute approximate surface area is 115 Å². The van der Waals surface area contributed by atoms with Crippen molar-refractivity contribution >= 4 is 5.97 Å². The number of fused-ring (bicyclic) bond motifs is 9. The molecule has 0 aromatic carbocycles. The normalized spacial score (nSPS) is 49.7. The van der Waals surface area contributed by atoms with E-state index in [2.05, 4.69) is 12.2 Å². The molecule has 19 heavy (non-hydrogen) atoms. The lowest BCUT2D eigenvalue weighted by atomic mass is 9.69. The smallest absolute Gasteiger partial charge is 0.309 e. The molecule has 0 spiro atoms. The summed E-state index contributed by atoms with van der Waals surface area (Å²) in [6.45, 7) is 5.92. The number of allylic oxidation sites excluding steroid dienone is 2. The predicted octanol–water partition coefficient (Wildman–Crippen LogP) is 3.42. The molecule has 4 unspecified atom stereocenters. The van der Waals surface area contributed by atoms with Crippen LogP contribution in [0.4, 0.5) is 0 Å². The van der Waals surface area contributed by atoms with Gasteiger partial charge in [-0.25, -0.2) is 0 Å². The van der Waals surface area contributed by atoms with Crippen LogP contribution in [0.25, 0.3) is 0 Å². The molecule has 0 aromatic rings. The summed E-state index contributed by atoms with van der Waals surface area (Å²) in [6.07, 6.45) is 8.63. The molecule has 4 bridgehead atoms. The van der Waals surface area contributed by atoms with Gasteiger partial charge in [0, 0.05) is 0 Å². The zero-order valence-corrected chi connectivity index (χ0v) is 12.1. The molecule has 0 heterocycles. The third kappa shape index (κ3) is 1.64. The van der Waals surface area contributed by atoms with Crippen LogP contribution in [0.5, 0.6) is 0 Å². The molecule has 0 amide bonds. The van der Waals surface area contributed by atoms with Gasteiger partial charge in [0.25, 0.3) is 0 Å². The Morgan fingerprint density at radius 1 is 1.05 bits per heavy atom. The number of carbonyl (C=O) groups excluding carboxylic acids is 1. The number of carbonyl (C=O) groups is 1. The Morgan fingerprint density at radius 3 is 2.42 bits per heavy atom. The molecular weight excluding hydrogens is 236 g/mol. The Hall–Kier alpha value is -0.790. The van der Waals surface area contributed by atoms with Crippen molar-refractivity contribution in [3.8, 4) is 0 Å². The molecule has 3 fully saturated rings. The van der Waals surface area contributed by atoms with Gasteiger partial charge in [0.15, 0.2) is 0 Å². The SMILES string of the molecule is CC(C)(C)OC(=O)C1C[C@H]2C[C@@H]1C1C3C=C[C@H](C3)C12. The fourth-order valence-electron chi connectivity index (χ4n) is 5.66. The molecule has 4 aliphatic carbocycles. The van der Waals surface area contributed by atoms with E-state index in [4.69, 9.17) is 4.74 Å². The van der Waals surface area contributed by atoms with E-state index in [1.807, 2.05) is 20.8 Å². The summed E-state index contributed by atoms with van der Waals surface area (Å²) < 4.78 is 5.65. The Bertz CT molecular complexity index is 445. The summed E-state index contributed by atoms with van der Waals surface area (Å²) in [6, 6.07) is 0. The van der Waals surface area contributed by atoms with Crippen molar-refractivity contribution in [2.24, 2.45) is 41.4 Å². The van der Waals surface area contributed by atoms with Crippen molar-refractivity contribution < 1.29 is 9.53 Å². The van der Waals surface area contributed by atoms with E-state index in [0.29, 0.717) is 5.92 Å². The molecule has 0 N–H and O–H groups in total. The number of ether oxygens (including phenoxy) is 1. The topological polar surface area (TPSA) is 26.3 Å². The third-order valence-corrected chi connectivity index (χ3v) is 5.98. The summed E-state index contributed by atoms with van der Waals surface area (Å²) in [4.78, 5) is 12.4. The fraction of sp³-hybridized carbons (Fsp3) is 0.824. The highest BCUT2D eigenvalue weighted by atomic mass is 16.6. The van der Waals surface area contributed by atoms with Crippen molar-refractivity contribution in [1.29, 1.82) is 0 Å².